The zero-order valence-electron chi connectivity index (χ0n) is 37.7. The number of phenols is 2. The average Bonchev–Trinajstić information content (AvgIpc) is 3.31. The fraction of sp³-hybridized carbons (Fsp3) is 0.319. The average molecular weight is 971 g/mol. The van der Waals surface area contributed by atoms with E-state index in [-0.39, 0.29) is 53.0 Å². The first-order chi connectivity index (χ1) is 32.7. The van der Waals surface area contributed by atoms with Crippen molar-refractivity contribution in [2.45, 2.75) is 75.0 Å². The van der Waals surface area contributed by atoms with Gasteiger partial charge in [-0.2, -0.15) is 0 Å². The van der Waals surface area contributed by atoms with Crippen molar-refractivity contribution in [1.82, 2.24) is 31.1 Å². The Kier molecular flexibility index (Phi) is 17.8. The molecule has 0 fully saturated rings. The van der Waals surface area contributed by atoms with E-state index in [1.807, 2.05) is 12.1 Å². The summed E-state index contributed by atoms with van der Waals surface area (Å²) < 4.78 is 0. The molecule has 366 valence electrons. The molecule has 5 rings (SSSR count). The van der Waals surface area contributed by atoms with E-state index < -0.39 is 90.2 Å². The minimum atomic E-state index is -1.88. The smallest absolute Gasteiger partial charge is 0.303 e. The molecule has 21 nitrogen and oxygen atoms in total. The summed E-state index contributed by atoms with van der Waals surface area (Å²) in [6.45, 7) is 0.296. The first-order valence-electron chi connectivity index (χ1n) is 21.7. The third-order valence-corrected chi connectivity index (χ3v) is 11.8. The predicted octanol–water partition coefficient (Wildman–Crippen LogP) is 0.532. The molecule has 6 atom stereocenters. The Balaban J connectivity index is 1.46. The van der Waals surface area contributed by atoms with Gasteiger partial charge in [0, 0.05) is 48.6 Å². The van der Waals surface area contributed by atoms with Crippen LogP contribution in [0.3, 0.4) is 0 Å². The highest BCUT2D eigenvalue weighted by atomic mass is 35.5. The van der Waals surface area contributed by atoms with Gasteiger partial charge in [-0.25, -0.2) is 0 Å². The number of aliphatic carboxylic acids is 1. The Morgan fingerprint density at radius 2 is 1.41 bits per heavy atom. The summed E-state index contributed by atoms with van der Waals surface area (Å²) in [7, 11) is 2.44. The highest BCUT2D eigenvalue weighted by Gasteiger charge is 2.37. The summed E-state index contributed by atoms with van der Waals surface area (Å²) in [5, 5.41) is 41.8. The van der Waals surface area contributed by atoms with Crippen molar-refractivity contribution >= 4 is 58.9 Å². The largest absolute Gasteiger partial charge is 0.507 e. The maximum atomic E-state index is 14.6. The van der Waals surface area contributed by atoms with Crippen LogP contribution in [0.2, 0.25) is 5.02 Å². The fourth-order valence-electron chi connectivity index (χ4n) is 7.72. The highest BCUT2D eigenvalue weighted by molar-refractivity contribution is 6.30. The molecular weight excluding hydrogens is 916 g/mol. The van der Waals surface area contributed by atoms with Gasteiger partial charge in [-0.05, 0) is 103 Å². The molecule has 22 heteroatoms. The number of carboxylic acid groups (broad SMARTS) is 1. The van der Waals surface area contributed by atoms with E-state index in [0.29, 0.717) is 30.0 Å². The standard InChI is InChI=1S/C47H55ClN10O11/c1-57(34(41(52)63)16-19-37(61)62)47(69)40(51)56-43(65)33-22-24-6-17-35(59)30(21-24)31-23-28(13-18-36(31)60)38(44(66)55-39(50)45(67)54-33)58(2)46(68)32(5-3-4-20-49)53-42(64)27-9-7-25(8-10-27)26-11-14-29(48)15-12-26/h6-15,17-18,21,23,32-34,38-40,59-60H,3-5,16,19-20,22,49-51H2,1-2H3,(H2,52,63)(H,53,64)(H,54,67)(H,55,66)(H,56,65)(H,61,62)/t32-,33-,34-,38-,39+,40+/m0/s1. The first kappa shape index (κ1) is 52.4. The van der Waals surface area contributed by atoms with Crippen LogP contribution in [-0.2, 0) is 40.0 Å². The number of nitrogens with one attached hydrogen (secondary N) is 4. The fourth-order valence-corrected chi connectivity index (χ4v) is 7.84. The number of hydrogen-bond acceptors (Lipinski definition) is 13. The lowest BCUT2D eigenvalue weighted by atomic mass is 9.93. The summed E-state index contributed by atoms with van der Waals surface area (Å²) in [6.07, 6.45) is -3.91. The molecule has 0 radical (unpaired) electrons. The number of likely N-dealkylation sites (N-methyl/N-ethyl adjacent to an activating group) is 2. The predicted molar refractivity (Wildman–Crippen MR) is 252 cm³/mol. The van der Waals surface area contributed by atoms with Crippen LogP contribution >= 0.6 is 11.6 Å². The number of phenolic OH excluding ortho intramolecular Hbond substituents is 2. The van der Waals surface area contributed by atoms with Crippen LogP contribution in [0, 0.1) is 0 Å². The third-order valence-electron chi connectivity index (χ3n) is 11.5. The molecule has 4 bridgehead atoms. The maximum Gasteiger partial charge on any atom is 0.303 e. The van der Waals surface area contributed by atoms with Crippen molar-refractivity contribution in [3.05, 3.63) is 107 Å². The summed E-state index contributed by atoms with van der Waals surface area (Å²) >= 11 is 6.04. The number of hydrogen-bond donors (Lipinski definition) is 11. The molecule has 4 aromatic rings. The van der Waals surface area contributed by atoms with Gasteiger partial charge in [-0.3, -0.25) is 38.4 Å². The summed E-state index contributed by atoms with van der Waals surface area (Å²) in [6, 6.07) is 16.0. The molecule has 0 spiro atoms. The normalized spacial score (nSPS) is 17.1. The van der Waals surface area contributed by atoms with Crippen LogP contribution in [0.4, 0.5) is 0 Å². The van der Waals surface area contributed by atoms with E-state index in [2.05, 4.69) is 21.3 Å². The maximum absolute atomic E-state index is 14.6. The third kappa shape index (κ3) is 13.3. The Bertz CT molecular complexity index is 2580. The van der Waals surface area contributed by atoms with Gasteiger partial charge in [0.15, 0.2) is 12.3 Å². The van der Waals surface area contributed by atoms with Crippen molar-refractivity contribution in [2.24, 2.45) is 22.9 Å². The molecule has 0 unspecified atom stereocenters. The Hall–Kier alpha value is -7.59. The number of halogens is 1. The summed E-state index contributed by atoms with van der Waals surface area (Å²) in [5.74, 6) is -8.50. The van der Waals surface area contributed by atoms with Crippen LogP contribution in [0.1, 0.15) is 59.6 Å². The second-order valence-electron chi connectivity index (χ2n) is 16.4. The van der Waals surface area contributed by atoms with Crippen LogP contribution in [-0.4, -0.2) is 124 Å². The van der Waals surface area contributed by atoms with E-state index in [4.69, 9.17) is 39.6 Å². The molecule has 69 heavy (non-hydrogen) atoms. The lowest BCUT2D eigenvalue weighted by molar-refractivity contribution is -0.143. The topological polar surface area (TPSA) is 356 Å². The van der Waals surface area contributed by atoms with Gasteiger partial charge >= 0.3 is 5.97 Å². The van der Waals surface area contributed by atoms with Crippen LogP contribution in [0.5, 0.6) is 11.5 Å². The highest BCUT2D eigenvalue weighted by Crippen LogP contribution is 2.39. The molecular formula is C47H55ClN10O11. The second-order valence-corrected chi connectivity index (χ2v) is 16.8. The Morgan fingerprint density at radius 1 is 0.797 bits per heavy atom. The van der Waals surface area contributed by atoms with Crippen molar-refractivity contribution < 1.29 is 53.7 Å². The van der Waals surface area contributed by atoms with Crippen molar-refractivity contribution in [3.63, 3.8) is 0 Å². The van der Waals surface area contributed by atoms with Gasteiger partial charge < -0.3 is 69.3 Å². The molecule has 0 aromatic heterocycles. The van der Waals surface area contributed by atoms with E-state index >= 15 is 0 Å². The molecule has 7 amide bonds. The number of carbonyl (C=O) groups excluding carboxylic acids is 7. The zero-order chi connectivity index (χ0) is 50.7. The lowest BCUT2D eigenvalue weighted by Gasteiger charge is -2.32. The van der Waals surface area contributed by atoms with Gasteiger partial charge in [0.2, 0.25) is 23.6 Å². The SMILES string of the molecule is CN(C(=O)[C@H](CCCCN)NC(=O)c1ccc(-c2ccc(Cl)cc2)cc1)[C@@H]1C(=O)N[C@@H](N)C(=O)N[C@H](C(=O)N[C@@H](N)C(=O)N(C)[C@@H](CCC(=O)O)C(N)=O)Cc2ccc(O)c(c2)-c2cc1ccc2O. The van der Waals surface area contributed by atoms with Gasteiger partial charge in [0.1, 0.15) is 35.7 Å². The van der Waals surface area contributed by atoms with Gasteiger partial charge in [0.05, 0.1) is 0 Å². The quantitative estimate of drug-likeness (QED) is 0.0508. The number of unbranched alkanes of at least 4 members (excludes halogenated alkanes) is 1. The van der Waals surface area contributed by atoms with E-state index in [1.54, 1.807) is 36.4 Å². The number of aromatic hydroxyl groups is 2. The van der Waals surface area contributed by atoms with Crippen molar-refractivity contribution in [2.75, 3.05) is 20.6 Å². The number of benzene rings is 4. The lowest BCUT2D eigenvalue weighted by Crippen LogP contribution is -2.62. The minimum absolute atomic E-state index is 0.00528. The molecule has 4 aromatic carbocycles. The number of amides is 7. The number of rotatable bonds is 17. The second kappa shape index (κ2) is 23.4. The van der Waals surface area contributed by atoms with Crippen LogP contribution < -0.4 is 44.2 Å². The molecule has 0 saturated carbocycles. The van der Waals surface area contributed by atoms with Gasteiger partial charge in [-0.15, -0.1) is 0 Å². The van der Waals surface area contributed by atoms with Crippen LogP contribution in [0.15, 0.2) is 84.9 Å². The van der Waals surface area contributed by atoms with Gasteiger partial charge in [-0.1, -0.05) is 48.0 Å². The Morgan fingerprint density at radius 3 is 2.01 bits per heavy atom. The first-order valence-corrected chi connectivity index (χ1v) is 22.1. The number of fused-ring (bicyclic) bond motifs is 5. The van der Waals surface area contributed by atoms with Crippen LogP contribution in [0.25, 0.3) is 22.3 Å². The van der Waals surface area contributed by atoms with E-state index in [9.17, 15) is 48.6 Å². The number of primary amides is 1. The molecule has 0 aliphatic carbocycles. The molecule has 1 heterocycles. The summed E-state index contributed by atoms with van der Waals surface area (Å²) in [4.78, 5) is 109. The van der Waals surface area contributed by atoms with E-state index in [0.717, 1.165) is 28.0 Å². The number of carboxylic acids is 1. The molecule has 1 aliphatic heterocycles. The summed E-state index contributed by atoms with van der Waals surface area (Å²) in [5.41, 5.74) is 25.8. The number of carbonyl (C=O) groups is 8. The van der Waals surface area contributed by atoms with E-state index in [1.165, 1.54) is 43.4 Å². The number of nitrogens with two attached hydrogens (primary N) is 4. The van der Waals surface area contributed by atoms with Gasteiger partial charge in [0.25, 0.3) is 17.7 Å². The van der Waals surface area contributed by atoms with Crippen molar-refractivity contribution in [3.8, 4) is 33.8 Å². The monoisotopic (exact) mass is 970 g/mol. The molecule has 0 saturated heterocycles. The molecule has 1 aliphatic rings. The zero-order valence-corrected chi connectivity index (χ0v) is 38.4. The number of nitrogens with zero attached hydrogens (tertiary/aromatic N) is 2. The minimum Gasteiger partial charge on any atom is -0.507 e. The van der Waals surface area contributed by atoms with Crippen molar-refractivity contribution in [1.29, 1.82) is 0 Å². The Labute approximate surface area is 401 Å². The molecule has 15 N–H and O–H groups in total.